The van der Waals surface area contributed by atoms with Crippen LogP contribution in [0.3, 0.4) is 0 Å². The quantitative estimate of drug-likeness (QED) is 0.262. The molecule has 35 heavy (non-hydrogen) atoms. The molecule has 0 saturated heterocycles. The summed E-state index contributed by atoms with van der Waals surface area (Å²) < 4.78 is 0. The van der Waals surface area contributed by atoms with Crippen LogP contribution in [0.1, 0.15) is 38.8 Å². The molecule has 1 aliphatic carbocycles. The molecule has 0 fully saturated rings. The van der Waals surface area contributed by atoms with Gasteiger partial charge in [-0.1, -0.05) is 92.7 Å². The van der Waals surface area contributed by atoms with Crippen LogP contribution in [0.2, 0.25) is 0 Å². The van der Waals surface area contributed by atoms with Gasteiger partial charge in [0, 0.05) is 22.8 Å². The lowest BCUT2D eigenvalue weighted by Gasteiger charge is -2.31. The lowest BCUT2D eigenvalue weighted by Crippen LogP contribution is -2.26. The van der Waals surface area contributed by atoms with E-state index in [0.29, 0.717) is 6.04 Å². The summed E-state index contributed by atoms with van der Waals surface area (Å²) in [7, 11) is 0. The Kier molecular flexibility index (Phi) is 5.04. The molecular formula is C34H31N. The van der Waals surface area contributed by atoms with Gasteiger partial charge in [0.15, 0.2) is 0 Å². The summed E-state index contributed by atoms with van der Waals surface area (Å²) in [4.78, 5) is 2.45. The van der Waals surface area contributed by atoms with Crippen molar-refractivity contribution in [3.8, 4) is 22.3 Å². The molecule has 1 aliphatic rings. The van der Waals surface area contributed by atoms with Crippen LogP contribution in [0.5, 0.6) is 0 Å². The Labute approximate surface area is 208 Å². The molecule has 0 N–H and O–H groups in total. The number of anilines is 2. The summed E-state index contributed by atoms with van der Waals surface area (Å²) in [5.41, 5.74) is 10.5. The number of fused-ring (bicyclic) bond motifs is 4. The van der Waals surface area contributed by atoms with Crippen LogP contribution in [0, 0.1) is 0 Å². The van der Waals surface area contributed by atoms with Gasteiger partial charge in [-0.05, 0) is 88.3 Å². The van der Waals surface area contributed by atoms with E-state index in [0.717, 1.165) is 0 Å². The molecule has 0 spiro atoms. The molecule has 0 bridgehead atoms. The van der Waals surface area contributed by atoms with Crippen LogP contribution in [-0.4, -0.2) is 6.04 Å². The van der Waals surface area contributed by atoms with Gasteiger partial charge in [-0.25, -0.2) is 0 Å². The Morgan fingerprint density at radius 3 is 1.94 bits per heavy atom. The van der Waals surface area contributed by atoms with E-state index in [1.807, 2.05) is 0 Å². The van der Waals surface area contributed by atoms with Gasteiger partial charge in [-0.3, -0.25) is 0 Å². The first-order valence-corrected chi connectivity index (χ1v) is 12.6. The molecule has 172 valence electrons. The molecule has 0 saturated carbocycles. The highest BCUT2D eigenvalue weighted by molar-refractivity contribution is 5.88. The van der Waals surface area contributed by atoms with Gasteiger partial charge in [-0.15, -0.1) is 0 Å². The minimum Gasteiger partial charge on any atom is -0.339 e. The minimum absolute atomic E-state index is 0.00449. The van der Waals surface area contributed by atoms with Crippen molar-refractivity contribution in [2.45, 2.75) is 39.2 Å². The second-order valence-corrected chi connectivity index (χ2v) is 10.5. The van der Waals surface area contributed by atoms with Crippen molar-refractivity contribution in [3.05, 3.63) is 120 Å². The largest absolute Gasteiger partial charge is 0.339 e. The molecular weight excluding hydrogens is 422 g/mol. The molecule has 5 aromatic rings. The summed E-state index contributed by atoms with van der Waals surface area (Å²) in [5.74, 6) is 0. The average molecular weight is 454 g/mol. The molecule has 6 rings (SSSR count). The number of hydrogen-bond acceptors (Lipinski definition) is 1. The standard InChI is InChI=1S/C34H31N/c1-23(2)35(29-19-20-31-30-11-7-8-12-32(30)34(3,4)33(31)22-29)28-17-15-25(16-18-28)27-14-13-24-9-5-6-10-26(24)21-27/h5-23H,1-4H3. The summed E-state index contributed by atoms with van der Waals surface area (Å²) in [5, 5.41) is 2.56. The molecule has 0 aromatic heterocycles. The van der Waals surface area contributed by atoms with Gasteiger partial charge in [0.05, 0.1) is 0 Å². The summed E-state index contributed by atoms with van der Waals surface area (Å²) >= 11 is 0. The van der Waals surface area contributed by atoms with Crippen molar-refractivity contribution in [1.82, 2.24) is 0 Å². The van der Waals surface area contributed by atoms with E-state index in [1.165, 1.54) is 55.5 Å². The van der Waals surface area contributed by atoms with E-state index in [1.54, 1.807) is 0 Å². The molecule has 0 unspecified atom stereocenters. The van der Waals surface area contributed by atoms with Crippen LogP contribution in [-0.2, 0) is 5.41 Å². The maximum absolute atomic E-state index is 2.45. The maximum Gasteiger partial charge on any atom is 0.0416 e. The zero-order valence-corrected chi connectivity index (χ0v) is 20.9. The highest BCUT2D eigenvalue weighted by Crippen LogP contribution is 2.50. The van der Waals surface area contributed by atoms with Gasteiger partial charge in [0.1, 0.15) is 0 Å². The van der Waals surface area contributed by atoms with Gasteiger partial charge in [0.2, 0.25) is 0 Å². The summed E-state index contributed by atoms with van der Waals surface area (Å²) in [6, 6.07) is 40.5. The Bertz CT molecular complexity index is 1540. The van der Waals surface area contributed by atoms with Crippen molar-refractivity contribution >= 4 is 22.1 Å². The SMILES string of the molecule is CC(C)N(c1ccc(-c2ccc3ccccc3c2)cc1)c1ccc2c(c1)C(C)(C)c1ccccc1-2. The minimum atomic E-state index is 0.00449. The van der Waals surface area contributed by atoms with E-state index < -0.39 is 0 Å². The highest BCUT2D eigenvalue weighted by atomic mass is 15.2. The average Bonchev–Trinajstić information content (AvgIpc) is 3.11. The van der Waals surface area contributed by atoms with Crippen molar-refractivity contribution in [2.24, 2.45) is 0 Å². The fraction of sp³-hybridized carbons (Fsp3) is 0.176. The zero-order valence-electron chi connectivity index (χ0n) is 20.9. The smallest absolute Gasteiger partial charge is 0.0416 e. The predicted octanol–water partition coefficient (Wildman–Crippen LogP) is 9.36. The first-order chi connectivity index (χ1) is 16.9. The van der Waals surface area contributed by atoms with Crippen LogP contribution >= 0.6 is 0 Å². The van der Waals surface area contributed by atoms with Crippen LogP contribution < -0.4 is 4.90 Å². The Hall–Kier alpha value is -3.84. The first-order valence-electron chi connectivity index (χ1n) is 12.6. The molecule has 0 radical (unpaired) electrons. The van der Waals surface area contributed by atoms with E-state index >= 15 is 0 Å². The first kappa shape index (κ1) is 21.7. The Morgan fingerprint density at radius 2 is 1.17 bits per heavy atom. The molecule has 0 atom stereocenters. The molecule has 0 amide bonds. The van der Waals surface area contributed by atoms with E-state index in [2.05, 4.69) is 142 Å². The van der Waals surface area contributed by atoms with Gasteiger partial charge < -0.3 is 4.90 Å². The van der Waals surface area contributed by atoms with E-state index in [-0.39, 0.29) is 5.41 Å². The van der Waals surface area contributed by atoms with Crippen molar-refractivity contribution in [1.29, 1.82) is 0 Å². The second-order valence-electron chi connectivity index (χ2n) is 10.5. The van der Waals surface area contributed by atoms with E-state index in [9.17, 15) is 0 Å². The summed E-state index contributed by atoms with van der Waals surface area (Å²) in [6.45, 7) is 9.23. The Morgan fingerprint density at radius 1 is 0.543 bits per heavy atom. The van der Waals surface area contributed by atoms with Gasteiger partial charge >= 0.3 is 0 Å². The molecule has 1 nitrogen and oxygen atoms in total. The van der Waals surface area contributed by atoms with Crippen LogP contribution in [0.25, 0.3) is 33.0 Å². The van der Waals surface area contributed by atoms with Crippen LogP contribution in [0.4, 0.5) is 11.4 Å². The molecule has 1 heteroatoms. The third-order valence-electron chi connectivity index (χ3n) is 7.59. The molecule has 0 heterocycles. The fourth-order valence-electron chi connectivity index (χ4n) is 5.77. The van der Waals surface area contributed by atoms with Gasteiger partial charge in [-0.2, -0.15) is 0 Å². The predicted molar refractivity (Wildman–Crippen MR) is 151 cm³/mol. The zero-order chi connectivity index (χ0) is 24.2. The summed E-state index contributed by atoms with van der Waals surface area (Å²) in [6.07, 6.45) is 0. The maximum atomic E-state index is 2.45. The molecule has 5 aromatic carbocycles. The number of hydrogen-bond donors (Lipinski definition) is 0. The van der Waals surface area contributed by atoms with Crippen molar-refractivity contribution < 1.29 is 0 Å². The highest BCUT2D eigenvalue weighted by Gasteiger charge is 2.35. The van der Waals surface area contributed by atoms with E-state index in [4.69, 9.17) is 0 Å². The number of benzene rings is 5. The Balaban J connectivity index is 1.37. The fourth-order valence-corrected chi connectivity index (χ4v) is 5.77. The topological polar surface area (TPSA) is 3.24 Å². The monoisotopic (exact) mass is 453 g/mol. The van der Waals surface area contributed by atoms with Crippen LogP contribution in [0.15, 0.2) is 109 Å². The van der Waals surface area contributed by atoms with Crippen molar-refractivity contribution in [3.63, 3.8) is 0 Å². The molecule has 0 aliphatic heterocycles. The second kappa shape index (κ2) is 8.13. The number of nitrogens with zero attached hydrogens (tertiary/aromatic N) is 1. The number of rotatable bonds is 4. The third kappa shape index (κ3) is 3.54. The lowest BCUT2D eigenvalue weighted by atomic mass is 9.82. The normalized spacial score (nSPS) is 13.6. The van der Waals surface area contributed by atoms with Crippen molar-refractivity contribution in [2.75, 3.05) is 4.90 Å². The van der Waals surface area contributed by atoms with Gasteiger partial charge in [0.25, 0.3) is 0 Å². The lowest BCUT2D eigenvalue weighted by molar-refractivity contribution is 0.659. The third-order valence-corrected chi connectivity index (χ3v) is 7.59.